The smallest absolute Gasteiger partial charge is 0.289 e. The lowest BCUT2D eigenvalue weighted by atomic mass is 10.1. The number of carbonyl (C=O) groups excluding carboxylic acids is 2. The topological polar surface area (TPSA) is 63.0 Å². The Morgan fingerprint density at radius 3 is 2.70 bits per heavy atom. The Morgan fingerprint density at radius 1 is 1.11 bits per heavy atom. The SMILES string of the molecule is CC(=O)c1ccc(OCc2ccc(C(=O)N3CCN4CCCC4C3)o2)cc1. The molecule has 0 saturated carbocycles. The molecule has 1 unspecified atom stereocenters. The van der Waals surface area contributed by atoms with Crippen LogP contribution in [0.25, 0.3) is 0 Å². The number of Topliss-reactive ketones (excluding diaryl/α,β-unsaturated/α-hetero) is 1. The maximum atomic E-state index is 12.7. The Morgan fingerprint density at radius 2 is 1.93 bits per heavy atom. The van der Waals surface area contributed by atoms with E-state index in [-0.39, 0.29) is 18.3 Å². The molecule has 2 aromatic rings. The molecule has 142 valence electrons. The summed E-state index contributed by atoms with van der Waals surface area (Å²) in [6.07, 6.45) is 2.39. The lowest BCUT2D eigenvalue weighted by Gasteiger charge is -2.37. The first kappa shape index (κ1) is 17.8. The van der Waals surface area contributed by atoms with Gasteiger partial charge in [0, 0.05) is 31.2 Å². The summed E-state index contributed by atoms with van der Waals surface area (Å²) in [4.78, 5) is 28.4. The van der Waals surface area contributed by atoms with Gasteiger partial charge < -0.3 is 14.1 Å². The summed E-state index contributed by atoms with van der Waals surface area (Å²) in [5.74, 6) is 1.61. The molecule has 6 nitrogen and oxygen atoms in total. The fraction of sp³-hybridized carbons (Fsp3) is 0.429. The number of nitrogens with zero attached hydrogens (tertiary/aromatic N) is 2. The van der Waals surface area contributed by atoms with E-state index in [2.05, 4.69) is 4.90 Å². The Bertz CT molecular complexity index is 827. The minimum atomic E-state index is -0.0430. The molecule has 0 radical (unpaired) electrons. The van der Waals surface area contributed by atoms with Crippen LogP contribution in [0.3, 0.4) is 0 Å². The molecule has 2 saturated heterocycles. The van der Waals surface area contributed by atoms with Crippen LogP contribution in [0, 0.1) is 0 Å². The zero-order valence-corrected chi connectivity index (χ0v) is 15.5. The third kappa shape index (κ3) is 3.90. The largest absolute Gasteiger partial charge is 0.486 e. The van der Waals surface area contributed by atoms with Crippen LogP contribution < -0.4 is 4.74 Å². The number of benzene rings is 1. The van der Waals surface area contributed by atoms with Gasteiger partial charge in [-0.05, 0) is 62.7 Å². The fourth-order valence-corrected chi connectivity index (χ4v) is 3.84. The van der Waals surface area contributed by atoms with Gasteiger partial charge in [-0.25, -0.2) is 0 Å². The summed E-state index contributed by atoms with van der Waals surface area (Å²) in [5.41, 5.74) is 0.649. The van der Waals surface area contributed by atoms with E-state index in [1.54, 1.807) is 36.4 Å². The molecule has 2 aliphatic heterocycles. The van der Waals surface area contributed by atoms with Gasteiger partial charge in [0.15, 0.2) is 11.5 Å². The van der Waals surface area contributed by atoms with Crippen LogP contribution in [0.15, 0.2) is 40.8 Å². The van der Waals surface area contributed by atoms with E-state index in [0.29, 0.717) is 28.9 Å². The van der Waals surface area contributed by atoms with Crippen LogP contribution in [0.4, 0.5) is 0 Å². The number of ether oxygens (including phenoxy) is 1. The number of furan rings is 1. The maximum absolute atomic E-state index is 12.7. The van der Waals surface area contributed by atoms with Crippen LogP contribution in [0.1, 0.15) is 46.4 Å². The standard InChI is InChI=1S/C21H24N2O4/c1-15(24)16-4-6-18(7-5-16)26-14-19-8-9-20(27-19)21(25)23-12-11-22-10-2-3-17(22)13-23/h4-9,17H,2-3,10-14H2,1H3. The number of piperazine rings is 1. The van der Waals surface area contributed by atoms with Gasteiger partial charge in [0.05, 0.1) is 0 Å². The highest BCUT2D eigenvalue weighted by Gasteiger charge is 2.33. The average molecular weight is 368 g/mol. The molecule has 3 heterocycles. The van der Waals surface area contributed by atoms with E-state index in [9.17, 15) is 9.59 Å². The van der Waals surface area contributed by atoms with Crippen molar-refractivity contribution in [2.75, 3.05) is 26.2 Å². The lowest BCUT2D eigenvalue weighted by Crippen LogP contribution is -2.51. The van der Waals surface area contributed by atoms with E-state index in [4.69, 9.17) is 9.15 Å². The predicted octanol–water partition coefficient (Wildman–Crippen LogP) is 2.98. The highest BCUT2D eigenvalue weighted by atomic mass is 16.5. The van der Waals surface area contributed by atoms with Crippen LogP contribution >= 0.6 is 0 Å². The molecule has 6 heteroatoms. The highest BCUT2D eigenvalue weighted by Crippen LogP contribution is 2.23. The maximum Gasteiger partial charge on any atom is 0.289 e. The molecule has 0 aliphatic carbocycles. The summed E-state index contributed by atoms with van der Waals surface area (Å²) in [6, 6.07) is 11.0. The molecule has 1 aromatic carbocycles. The van der Waals surface area contributed by atoms with Gasteiger partial charge in [0.25, 0.3) is 5.91 Å². The number of fused-ring (bicyclic) bond motifs is 1. The summed E-state index contributed by atoms with van der Waals surface area (Å²) in [7, 11) is 0. The van der Waals surface area contributed by atoms with Gasteiger partial charge in [0.1, 0.15) is 18.1 Å². The number of ketones is 1. The first-order valence-corrected chi connectivity index (χ1v) is 9.46. The van der Waals surface area contributed by atoms with Crippen molar-refractivity contribution in [2.24, 2.45) is 0 Å². The number of hydrogen-bond donors (Lipinski definition) is 0. The lowest BCUT2D eigenvalue weighted by molar-refractivity contribution is 0.0538. The average Bonchev–Trinajstić information content (AvgIpc) is 3.34. The Balaban J connectivity index is 1.34. The first-order valence-electron chi connectivity index (χ1n) is 9.46. The van der Waals surface area contributed by atoms with E-state index < -0.39 is 0 Å². The predicted molar refractivity (Wildman–Crippen MR) is 100.0 cm³/mol. The van der Waals surface area contributed by atoms with Gasteiger partial charge >= 0.3 is 0 Å². The number of rotatable bonds is 5. The normalized spacial score (nSPS) is 19.7. The van der Waals surface area contributed by atoms with E-state index in [1.807, 2.05) is 4.90 Å². The van der Waals surface area contributed by atoms with Crippen LogP contribution in [-0.4, -0.2) is 53.7 Å². The number of amides is 1. The van der Waals surface area contributed by atoms with Crippen molar-refractivity contribution in [1.29, 1.82) is 0 Å². The van der Waals surface area contributed by atoms with Crippen molar-refractivity contribution in [3.8, 4) is 5.75 Å². The van der Waals surface area contributed by atoms with Crippen molar-refractivity contribution in [1.82, 2.24) is 9.80 Å². The zero-order valence-electron chi connectivity index (χ0n) is 15.5. The van der Waals surface area contributed by atoms with Crippen LogP contribution in [-0.2, 0) is 6.61 Å². The number of carbonyl (C=O) groups is 2. The van der Waals surface area contributed by atoms with Gasteiger partial charge in [-0.2, -0.15) is 0 Å². The molecule has 0 spiro atoms. The number of hydrogen-bond acceptors (Lipinski definition) is 5. The van der Waals surface area contributed by atoms with Gasteiger partial charge in [0.2, 0.25) is 0 Å². The Kier molecular flexibility index (Phi) is 4.99. The third-order valence-electron chi connectivity index (χ3n) is 5.39. The molecule has 1 amide bonds. The Hall–Kier alpha value is -2.60. The van der Waals surface area contributed by atoms with E-state index in [0.717, 1.165) is 26.2 Å². The van der Waals surface area contributed by atoms with Crippen molar-refractivity contribution in [3.63, 3.8) is 0 Å². The van der Waals surface area contributed by atoms with Crippen molar-refractivity contribution >= 4 is 11.7 Å². The van der Waals surface area contributed by atoms with Gasteiger partial charge in [-0.15, -0.1) is 0 Å². The second kappa shape index (κ2) is 7.56. The van der Waals surface area contributed by atoms with Gasteiger partial charge in [-0.1, -0.05) is 0 Å². The van der Waals surface area contributed by atoms with Crippen molar-refractivity contribution < 1.29 is 18.7 Å². The monoisotopic (exact) mass is 368 g/mol. The van der Waals surface area contributed by atoms with E-state index in [1.165, 1.54) is 19.8 Å². The zero-order chi connectivity index (χ0) is 18.8. The minimum Gasteiger partial charge on any atom is -0.486 e. The molecule has 0 bridgehead atoms. The second-order valence-corrected chi connectivity index (χ2v) is 7.22. The highest BCUT2D eigenvalue weighted by molar-refractivity contribution is 5.94. The van der Waals surface area contributed by atoms with Gasteiger partial charge in [-0.3, -0.25) is 14.5 Å². The Labute approximate surface area is 158 Å². The molecular formula is C21H24N2O4. The summed E-state index contributed by atoms with van der Waals surface area (Å²) in [5, 5.41) is 0. The minimum absolute atomic E-state index is 0.0224. The molecule has 27 heavy (non-hydrogen) atoms. The molecule has 2 aliphatic rings. The second-order valence-electron chi connectivity index (χ2n) is 7.22. The van der Waals surface area contributed by atoms with Crippen molar-refractivity contribution in [2.45, 2.75) is 32.4 Å². The van der Waals surface area contributed by atoms with E-state index >= 15 is 0 Å². The summed E-state index contributed by atoms with van der Waals surface area (Å²) >= 11 is 0. The van der Waals surface area contributed by atoms with Crippen LogP contribution in [0.5, 0.6) is 5.75 Å². The molecule has 1 atom stereocenters. The first-order chi connectivity index (χ1) is 13.1. The third-order valence-corrected chi connectivity index (χ3v) is 5.39. The van der Waals surface area contributed by atoms with Crippen LogP contribution in [0.2, 0.25) is 0 Å². The molecule has 2 fully saturated rings. The molecule has 4 rings (SSSR count). The molecule has 1 aromatic heterocycles. The molecule has 0 N–H and O–H groups in total. The summed E-state index contributed by atoms with van der Waals surface area (Å²) in [6.45, 7) is 5.41. The quantitative estimate of drug-likeness (QED) is 0.759. The fourth-order valence-electron chi connectivity index (χ4n) is 3.84. The summed E-state index contributed by atoms with van der Waals surface area (Å²) < 4.78 is 11.4. The molecular weight excluding hydrogens is 344 g/mol. The van der Waals surface area contributed by atoms with Crippen molar-refractivity contribution in [3.05, 3.63) is 53.5 Å².